The van der Waals surface area contributed by atoms with Crippen LogP contribution >= 0.6 is 24.8 Å². The number of anilines is 2. The molecule has 0 saturated heterocycles. The molecule has 2 rings (SSSR count). The van der Waals surface area contributed by atoms with Gasteiger partial charge < -0.3 is 11.5 Å². The maximum atomic E-state index is 5.49. The summed E-state index contributed by atoms with van der Waals surface area (Å²) in [5, 5.41) is 6.36. The average molecular weight is 223 g/mol. The highest BCUT2D eigenvalue weighted by atomic mass is 35.5. The van der Waals surface area contributed by atoms with Gasteiger partial charge in [0.15, 0.2) is 11.6 Å². The zero-order chi connectivity index (χ0) is 7.84. The van der Waals surface area contributed by atoms with Crippen molar-refractivity contribution in [1.29, 1.82) is 0 Å². The third-order valence-corrected chi connectivity index (χ3v) is 1.41. The van der Waals surface area contributed by atoms with Gasteiger partial charge in [-0.25, -0.2) is 9.97 Å². The van der Waals surface area contributed by atoms with Crippen molar-refractivity contribution in [3.63, 3.8) is 0 Å². The predicted molar refractivity (Wildman–Crippen MR) is 55.0 cm³/mol. The van der Waals surface area contributed by atoms with Crippen LogP contribution in [0.3, 0.4) is 0 Å². The largest absolute Gasteiger partial charge is 0.382 e. The second kappa shape index (κ2) is 4.11. The Balaban J connectivity index is 0.000000720. The van der Waals surface area contributed by atoms with Gasteiger partial charge in [-0.1, -0.05) is 0 Å². The summed E-state index contributed by atoms with van der Waals surface area (Å²) in [5.74, 6) is 0.702. The molecule has 0 amide bonds. The van der Waals surface area contributed by atoms with Crippen LogP contribution in [0.15, 0.2) is 6.33 Å². The number of aromatic amines is 1. The van der Waals surface area contributed by atoms with Crippen LogP contribution in [-0.4, -0.2) is 20.2 Å². The Morgan fingerprint density at radius 2 is 1.77 bits per heavy atom. The number of halogens is 2. The van der Waals surface area contributed by atoms with E-state index < -0.39 is 0 Å². The minimum absolute atomic E-state index is 0. The molecule has 0 radical (unpaired) electrons. The minimum atomic E-state index is 0. The lowest BCUT2D eigenvalue weighted by molar-refractivity contribution is 1.12. The molecular formula is C5H8Cl2N6. The number of rotatable bonds is 0. The van der Waals surface area contributed by atoms with Crippen LogP contribution in [0, 0.1) is 0 Å². The summed E-state index contributed by atoms with van der Waals surface area (Å²) in [6.45, 7) is 0. The molecule has 0 bridgehead atoms. The van der Waals surface area contributed by atoms with Crippen LogP contribution in [-0.2, 0) is 0 Å². The van der Waals surface area contributed by atoms with Crippen molar-refractivity contribution in [2.45, 2.75) is 0 Å². The number of nitrogens with two attached hydrogens (primary N) is 2. The molecule has 2 aromatic rings. The van der Waals surface area contributed by atoms with Crippen LogP contribution < -0.4 is 11.5 Å². The van der Waals surface area contributed by atoms with Gasteiger partial charge in [-0.15, -0.1) is 24.8 Å². The molecular weight excluding hydrogens is 215 g/mol. The number of hydrogen-bond acceptors (Lipinski definition) is 5. The first kappa shape index (κ1) is 11.7. The van der Waals surface area contributed by atoms with Crippen LogP contribution in [0.4, 0.5) is 11.6 Å². The summed E-state index contributed by atoms with van der Waals surface area (Å²) >= 11 is 0. The van der Waals surface area contributed by atoms with E-state index in [0.717, 1.165) is 0 Å². The summed E-state index contributed by atoms with van der Waals surface area (Å²) < 4.78 is 0. The fourth-order valence-corrected chi connectivity index (χ4v) is 0.873. The van der Waals surface area contributed by atoms with Gasteiger partial charge in [0.05, 0.1) is 0 Å². The van der Waals surface area contributed by atoms with Gasteiger partial charge in [-0.3, -0.25) is 5.10 Å². The van der Waals surface area contributed by atoms with Gasteiger partial charge in [0, 0.05) is 0 Å². The van der Waals surface area contributed by atoms with E-state index in [1.165, 1.54) is 6.33 Å². The quantitative estimate of drug-likeness (QED) is 0.597. The van der Waals surface area contributed by atoms with E-state index in [2.05, 4.69) is 20.2 Å². The number of nitrogens with zero attached hydrogens (tertiary/aromatic N) is 3. The van der Waals surface area contributed by atoms with Crippen molar-refractivity contribution in [1.82, 2.24) is 20.2 Å². The Morgan fingerprint density at radius 3 is 2.38 bits per heavy atom. The Labute approximate surface area is 85.9 Å². The maximum Gasteiger partial charge on any atom is 0.172 e. The van der Waals surface area contributed by atoms with Crippen LogP contribution in [0.25, 0.3) is 11.0 Å². The van der Waals surface area contributed by atoms with E-state index in [1.54, 1.807) is 0 Å². The summed E-state index contributed by atoms with van der Waals surface area (Å²) in [7, 11) is 0. The molecule has 0 saturated carbocycles. The molecule has 0 aliphatic carbocycles. The molecule has 0 aliphatic heterocycles. The Hall–Kier alpha value is -1.27. The number of H-pyrrole nitrogens is 1. The molecule has 8 heteroatoms. The number of hydrogen-bond donors (Lipinski definition) is 3. The van der Waals surface area contributed by atoms with Crippen molar-refractivity contribution < 1.29 is 0 Å². The number of nitrogens with one attached hydrogen (secondary N) is 1. The summed E-state index contributed by atoms with van der Waals surface area (Å²) in [6.07, 6.45) is 1.35. The van der Waals surface area contributed by atoms with E-state index in [4.69, 9.17) is 11.5 Å². The Bertz CT molecular complexity index is 399. The highest BCUT2D eigenvalue weighted by Gasteiger charge is 2.05. The molecule has 0 fully saturated rings. The fourth-order valence-electron chi connectivity index (χ4n) is 0.873. The predicted octanol–water partition coefficient (Wildman–Crippen LogP) is 0.361. The van der Waals surface area contributed by atoms with Gasteiger partial charge in [0.25, 0.3) is 0 Å². The molecule has 0 unspecified atom stereocenters. The molecule has 0 aromatic carbocycles. The SMILES string of the molecule is Cl.Cl.Nc1n[nH]c2c(N)ncnc12. The standard InChI is InChI=1S/C5H6N6.2ClH/c6-4-3-2(8-1-9-4)5(7)11-10-3;;/h1H,(H2,6,8,9)(H3,7,10,11);2*1H. The van der Waals surface area contributed by atoms with E-state index >= 15 is 0 Å². The van der Waals surface area contributed by atoms with Crippen LogP contribution in [0.2, 0.25) is 0 Å². The lowest BCUT2D eigenvalue weighted by atomic mass is 10.4. The van der Waals surface area contributed by atoms with E-state index in [0.29, 0.717) is 22.7 Å². The summed E-state index contributed by atoms with van der Waals surface area (Å²) in [6, 6.07) is 0. The molecule has 2 aromatic heterocycles. The monoisotopic (exact) mass is 222 g/mol. The molecule has 72 valence electrons. The topological polar surface area (TPSA) is 106 Å². The van der Waals surface area contributed by atoms with Crippen LogP contribution in [0.5, 0.6) is 0 Å². The molecule has 0 atom stereocenters. The molecule has 2 heterocycles. The number of fused-ring (bicyclic) bond motifs is 1. The maximum absolute atomic E-state index is 5.49. The van der Waals surface area contributed by atoms with Crippen molar-refractivity contribution >= 4 is 47.5 Å². The molecule has 13 heavy (non-hydrogen) atoms. The highest BCUT2D eigenvalue weighted by Crippen LogP contribution is 2.17. The smallest absolute Gasteiger partial charge is 0.172 e. The van der Waals surface area contributed by atoms with Crippen molar-refractivity contribution in [2.75, 3.05) is 11.5 Å². The first-order valence-corrected chi connectivity index (χ1v) is 2.99. The number of aromatic nitrogens is 4. The highest BCUT2D eigenvalue weighted by molar-refractivity contribution is 5.90. The zero-order valence-electron chi connectivity index (χ0n) is 6.39. The Kier molecular flexibility index (Phi) is 3.70. The second-order valence-corrected chi connectivity index (χ2v) is 2.09. The molecule has 6 nitrogen and oxygen atoms in total. The molecule has 0 aliphatic rings. The average Bonchev–Trinajstić information content (AvgIpc) is 2.35. The third kappa shape index (κ3) is 1.73. The van der Waals surface area contributed by atoms with E-state index in [9.17, 15) is 0 Å². The van der Waals surface area contributed by atoms with Gasteiger partial charge in [-0.05, 0) is 0 Å². The van der Waals surface area contributed by atoms with Gasteiger partial charge >= 0.3 is 0 Å². The first-order chi connectivity index (χ1) is 5.29. The summed E-state index contributed by atoms with van der Waals surface area (Å²) in [5.41, 5.74) is 12.1. The third-order valence-electron chi connectivity index (χ3n) is 1.41. The molecule has 5 N–H and O–H groups in total. The van der Waals surface area contributed by atoms with Crippen molar-refractivity contribution in [2.24, 2.45) is 0 Å². The van der Waals surface area contributed by atoms with Crippen molar-refractivity contribution in [3.05, 3.63) is 6.33 Å². The van der Waals surface area contributed by atoms with Crippen LogP contribution in [0.1, 0.15) is 0 Å². The minimum Gasteiger partial charge on any atom is -0.382 e. The van der Waals surface area contributed by atoms with Gasteiger partial charge in [-0.2, -0.15) is 5.10 Å². The zero-order valence-corrected chi connectivity index (χ0v) is 8.02. The van der Waals surface area contributed by atoms with Gasteiger partial charge in [0.2, 0.25) is 0 Å². The lowest BCUT2D eigenvalue weighted by Gasteiger charge is -1.90. The lowest BCUT2D eigenvalue weighted by Crippen LogP contribution is -1.92. The Morgan fingerprint density at radius 1 is 1.08 bits per heavy atom. The second-order valence-electron chi connectivity index (χ2n) is 2.09. The van der Waals surface area contributed by atoms with Crippen molar-refractivity contribution in [3.8, 4) is 0 Å². The van der Waals surface area contributed by atoms with E-state index in [-0.39, 0.29) is 24.8 Å². The summed E-state index contributed by atoms with van der Waals surface area (Å²) in [4.78, 5) is 7.65. The number of nitrogen functional groups attached to an aromatic ring is 2. The first-order valence-electron chi connectivity index (χ1n) is 2.99. The van der Waals surface area contributed by atoms with E-state index in [1.807, 2.05) is 0 Å². The normalized spacial score (nSPS) is 8.92. The molecule has 0 spiro atoms. The fraction of sp³-hybridized carbons (Fsp3) is 0. The van der Waals surface area contributed by atoms with Gasteiger partial charge in [0.1, 0.15) is 17.4 Å².